The summed E-state index contributed by atoms with van der Waals surface area (Å²) in [5, 5.41) is 3.37. The smallest absolute Gasteiger partial charge is 0.218 e. The number of nitrogens with one attached hydrogen (secondary N) is 1. The second-order valence-corrected chi connectivity index (χ2v) is 4.63. The summed E-state index contributed by atoms with van der Waals surface area (Å²) in [4.78, 5) is 10.5. The van der Waals surface area contributed by atoms with Crippen molar-refractivity contribution in [2.24, 2.45) is 11.1 Å². The van der Waals surface area contributed by atoms with Crippen LogP contribution in [0.4, 0.5) is 0 Å². The van der Waals surface area contributed by atoms with Crippen LogP contribution in [0.3, 0.4) is 0 Å². The Hall–Kier alpha value is -0.570. The minimum atomic E-state index is -0.204. The van der Waals surface area contributed by atoms with E-state index in [2.05, 4.69) is 5.32 Å². The Morgan fingerprint density at radius 3 is 2.62 bits per heavy atom. The van der Waals surface area contributed by atoms with E-state index in [0.29, 0.717) is 12.5 Å². The first-order valence-electron chi connectivity index (χ1n) is 5.22. The summed E-state index contributed by atoms with van der Waals surface area (Å²) in [6.07, 6.45) is 7.41. The SMILES string of the molecule is NC(=O)CCNC1CC2(CCC2)C1. The van der Waals surface area contributed by atoms with Crippen LogP contribution in [-0.4, -0.2) is 18.5 Å². The van der Waals surface area contributed by atoms with E-state index in [1.54, 1.807) is 0 Å². The van der Waals surface area contributed by atoms with Crippen molar-refractivity contribution < 1.29 is 4.79 Å². The normalized spacial score (nSPS) is 25.2. The molecule has 3 heteroatoms. The van der Waals surface area contributed by atoms with E-state index in [9.17, 15) is 4.79 Å². The molecule has 13 heavy (non-hydrogen) atoms. The summed E-state index contributed by atoms with van der Waals surface area (Å²) in [5.74, 6) is -0.204. The average molecular weight is 182 g/mol. The van der Waals surface area contributed by atoms with E-state index in [1.807, 2.05) is 0 Å². The van der Waals surface area contributed by atoms with Gasteiger partial charge in [-0.1, -0.05) is 6.42 Å². The highest BCUT2D eigenvalue weighted by molar-refractivity contribution is 5.73. The molecule has 2 aliphatic rings. The van der Waals surface area contributed by atoms with Crippen LogP contribution in [0.2, 0.25) is 0 Å². The summed E-state index contributed by atoms with van der Waals surface area (Å²) in [7, 11) is 0. The molecular weight excluding hydrogens is 164 g/mol. The van der Waals surface area contributed by atoms with Gasteiger partial charge < -0.3 is 11.1 Å². The molecule has 0 atom stereocenters. The lowest BCUT2D eigenvalue weighted by Crippen LogP contribution is -2.52. The van der Waals surface area contributed by atoms with E-state index in [4.69, 9.17) is 5.73 Å². The molecule has 74 valence electrons. The highest BCUT2D eigenvalue weighted by atomic mass is 16.1. The molecule has 0 bridgehead atoms. The van der Waals surface area contributed by atoms with Gasteiger partial charge in [0.25, 0.3) is 0 Å². The zero-order chi connectivity index (χ0) is 9.31. The number of hydrogen-bond acceptors (Lipinski definition) is 2. The maximum atomic E-state index is 10.5. The Bertz CT molecular complexity index is 203. The predicted molar refractivity (Wildman–Crippen MR) is 51.1 cm³/mol. The third-order valence-corrected chi connectivity index (χ3v) is 3.58. The lowest BCUT2D eigenvalue weighted by molar-refractivity contribution is -0.118. The van der Waals surface area contributed by atoms with Crippen molar-refractivity contribution in [3.8, 4) is 0 Å². The second kappa shape index (κ2) is 3.29. The molecule has 1 spiro atoms. The minimum Gasteiger partial charge on any atom is -0.370 e. The van der Waals surface area contributed by atoms with Crippen molar-refractivity contribution in [1.82, 2.24) is 5.32 Å². The number of hydrogen-bond donors (Lipinski definition) is 2. The van der Waals surface area contributed by atoms with E-state index in [0.717, 1.165) is 12.0 Å². The first-order chi connectivity index (χ1) is 6.20. The van der Waals surface area contributed by atoms with Crippen molar-refractivity contribution in [2.75, 3.05) is 6.54 Å². The van der Waals surface area contributed by atoms with Gasteiger partial charge in [-0.3, -0.25) is 4.79 Å². The van der Waals surface area contributed by atoms with Crippen molar-refractivity contribution in [1.29, 1.82) is 0 Å². The number of rotatable bonds is 4. The summed E-state index contributed by atoms with van der Waals surface area (Å²) >= 11 is 0. The number of primary amides is 1. The lowest BCUT2D eigenvalue weighted by atomic mass is 9.54. The standard InChI is InChI=1S/C10H18N2O/c11-9(13)2-5-12-8-6-10(7-8)3-1-4-10/h8,12H,1-7H2,(H2,11,13). The van der Waals surface area contributed by atoms with Crippen LogP contribution in [0, 0.1) is 5.41 Å². The maximum Gasteiger partial charge on any atom is 0.218 e. The molecular formula is C10H18N2O. The molecule has 0 aromatic carbocycles. The number of nitrogens with two attached hydrogens (primary N) is 1. The maximum absolute atomic E-state index is 10.5. The van der Waals surface area contributed by atoms with Gasteiger partial charge in [0.15, 0.2) is 0 Å². The summed E-state index contributed by atoms with van der Waals surface area (Å²) in [6.45, 7) is 0.760. The molecule has 3 nitrogen and oxygen atoms in total. The molecule has 0 saturated heterocycles. The van der Waals surface area contributed by atoms with Gasteiger partial charge in [0.1, 0.15) is 0 Å². The van der Waals surface area contributed by atoms with E-state index in [1.165, 1.54) is 32.1 Å². The fourth-order valence-electron chi connectivity index (χ4n) is 2.61. The summed E-state index contributed by atoms with van der Waals surface area (Å²) in [5.41, 5.74) is 5.78. The fraction of sp³-hybridized carbons (Fsp3) is 0.900. The Morgan fingerprint density at radius 1 is 1.46 bits per heavy atom. The molecule has 2 rings (SSSR count). The van der Waals surface area contributed by atoms with Crippen molar-refractivity contribution in [2.45, 2.75) is 44.6 Å². The van der Waals surface area contributed by atoms with Crippen LogP contribution in [0.25, 0.3) is 0 Å². The van der Waals surface area contributed by atoms with Gasteiger partial charge in [-0.05, 0) is 31.1 Å². The van der Waals surface area contributed by atoms with Crippen LogP contribution >= 0.6 is 0 Å². The number of carbonyl (C=O) groups is 1. The first kappa shape index (κ1) is 9.00. The molecule has 0 unspecified atom stereocenters. The van der Waals surface area contributed by atoms with Crippen molar-refractivity contribution in [3.05, 3.63) is 0 Å². The number of amides is 1. The summed E-state index contributed by atoms with van der Waals surface area (Å²) < 4.78 is 0. The largest absolute Gasteiger partial charge is 0.370 e. The molecule has 0 radical (unpaired) electrons. The van der Waals surface area contributed by atoms with Crippen molar-refractivity contribution in [3.63, 3.8) is 0 Å². The zero-order valence-corrected chi connectivity index (χ0v) is 8.01. The molecule has 1 amide bonds. The van der Waals surface area contributed by atoms with Gasteiger partial charge in [-0.2, -0.15) is 0 Å². The van der Waals surface area contributed by atoms with E-state index in [-0.39, 0.29) is 5.91 Å². The Kier molecular flexibility index (Phi) is 2.28. The highest BCUT2D eigenvalue weighted by Gasteiger charge is 2.47. The van der Waals surface area contributed by atoms with E-state index >= 15 is 0 Å². The van der Waals surface area contributed by atoms with Gasteiger partial charge in [-0.15, -0.1) is 0 Å². The quantitative estimate of drug-likeness (QED) is 0.675. The molecule has 2 fully saturated rings. The fourth-order valence-corrected chi connectivity index (χ4v) is 2.61. The van der Waals surface area contributed by atoms with Crippen LogP contribution in [0.5, 0.6) is 0 Å². The molecule has 0 aliphatic heterocycles. The van der Waals surface area contributed by atoms with Crippen LogP contribution < -0.4 is 11.1 Å². The van der Waals surface area contributed by atoms with Gasteiger partial charge >= 0.3 is 0 Å². The topological polar surface area (TPSA) is 55.1 Å². The molecule has 0 heterocycles. The predicted octanol–water partition coefficient (Wildman–Crippen LogP) is 0.784. The average Bonchev–Trinajstić information content (AvgIpc) is 1.89. The van der Waals surface area contributed by atoms with Gasteiger partial charge in [0.05, 0.1) is 0 Å². The van der Waals surface area contributed by atoms with Crippen LogP contribution in [-0.2, 0) is 4.79 Å². The number of carbonyl (C=O) groups excluding carboxylic acids is 1. The first-order valence-corrected chi connectivity index (χ1v) is 5.22. The van der Waals surface area contributed by atoms with E-state index < -0.39 is 0 Å². The molecule has 2 aliphatic carbocycles. The monoisotopic (exact) mass is 182 g/mol. The molecule has 0 aromatic heterocycles. The molecule has 0 aromatic rings. The van der Waals surface area contributed by atoms with Crippen molar-refractivity contribution >= 4 is 5.91 Å². The van der Waals surface area contributed by atoms with Gasteiger partial charge in [-0.25, -0.2) is 0 Å². The minimum absolute atomic E-state index is 0.204. The Balaban J connectivity index is 1.56. The van der Waals surface area contributed by atoms with Gasteiger partial charge in [0, 0.05) is 19.0 Å². The Morgan fingerprint density at radius 2 is 2.15 bits per heavy atom. The molecule has 2 saturated carbocycles. The third kappa shape index (κ3) is 1.85. The van der Waals surface area contributed by atoms with Crippen LogP contribution in [0.1, 0.15) is 38.5 Å². The highest BCUT2D eigenvalue weighted by Crippen LogP contribution is 2.55. The second-order valence-electron chi connectivity index (χ2n) is 4.63. The lowest BCUT2D eigenvalue weighted by Gasteiger charge is -2.54. The summed E-state index contributed by atoms with van der Waals surface area (Å²) in [6, 6.07) is 0.666. The molecule has 3 N–H and O–H groups in total. The zero-order valence-electron chi connectivity index (χ0n) is 8.01. The third-order valence-electron chi connectivity index (χ3n) is 3.58. The van der Waals surface area contributed by atoms with Crippen LogP contribution in [0.15, 0.2) is 0 Å². The Labute approximate surface area is 79.1 Å². The van der Waals surface area contributed by atoms with Gasteiger partial charge in [0.2, 0.25) is 5.91 Å².